The molecule has 60 valence electrons. The normalized spacial score (nSPS) is 34.2. The van der Waals surface area contributed by atoms with Gasteiger partial charge in [-0.05, 0) is 14.1 Å². The van der Waals surface area contributed by atoms with Gasteiger partial charge in [0, 0.05) is 11.5 Å². The van der Waals surface area contributed by atoms with Gasteiger partial charge in [-0.15, -0.1) is 23.5 Å². The standard InChI is InChI=1S/C6H14N2S2/c1-7-5-3-10-6(8-2)4-9-5/h5-8H,3-4H2,1-2H3. The maximum Gasteiger partial charge on any atom is 0.0622 e. The Balaban J connectivity index is 2.17. The van der Waals surface area contributed by atoms with Gasteiger partial charge in [-0.2, -0.15) is 0 Å². The van der Waals surface area contributed by atoms with Gasteiger partial charge in [-0.3, -0.25) is 0 Å². The molecule has 0 amide bonds. The van der Waals surface area contributed by atoms with Crippen molar-refractivity contribution < 1.29 is 0 Å². The Bertz CT molecular complexity index is 79.7. The van der Waals surface area contributed by atoms with Crippen LogP contribution in [0, 0.1) is 0 Å². The average molecular weight is 178 g/mol. The van der Waals surface area contributed by atoms with Crippen molar-refractivity contribution in [3.63, 3.8) is 0 Å². The minimum absolute atomic E-state index is 0.662. The predicted molar refractivity (Wildman–Crippen MR) is 50.6 cm³/mol. The number of rotatable bonds is 2. The fraction of sp³-hybridized carbons (Fsp3) is 1.00. The van der Waals surface area contributed by atoms with Crippen LogP contribution in [-0.4, -0.2) is 36.3 Å². The summed E-state index contributed by atoms with van der Waals surface area (Å²) in [7, 11) is 4.05. The van der Waals surface area contributed by atoms with Crippen molar-refractivity contribution in [2.24, 2.45) is 0 Å². The maximum absolute atomic E-state index is 3.26. The van der Waals surface area contributed by atoms with E-state index in [1.807, 2.05) is 37.6 Å². The van der Waals surface area contributed by atoms with E-state index >= 15 is 0 Å². The average Bonchev–Trinajstić information content (AvgIpc) is 2.05. The van der Waals surface area contributed by atoms with Crippen molar-refractivity contribution in [2.45, 2.75) is 10.7 Å². The minimum Gasteiger partial charge on any atom is -0.308 e. The summed E-state index contributed by atoms with van der Waals surface area (Å²) < 4.78 is 0. The first-order valence-electron chi connectivity index (χ1n) is 3.44. The van der Waals surface area contributed by atoms with Crippen molar-refractivity contribution >= 4 is 23.5 Å². The highest BCUT2D eigenvalue weighted by atomic mass is 32.2. The van der Waals surface area contributed by atoms with Crippen LogP contribution >= 0.6 is 23.5 Å². The van der Waals surface area contributed by atoms with Gasteiger partial charge in [0.25, 0.3) is 0 Å². The number of nitrogens with one attached hydrogen (secondary N) is 2. The van der Waals surface area contributed by atoms with E-state index in [0.717, 1.165) is 0 Å². The third kappa shape index (κ3) is 2.34. The Hall–Kier alpha value is 0.620. The SMILES string of the molecule is CNC1CSC(NC)CS1. The van der Waals surface area contributed by atoms with Gasteiger partial charge in [-0.25, -0.2) is 0 Å². The van der Waals surface area contributed by atoms with E-state index in [9.17, 15) is 0 Å². The molecule has 1 fully saturated rings. The van der Waals surface area contributed by atoms with Crippen LogP contribution in [0.15, 0.2) is 0 Å². The second kappa shape index (κ2) is 4.49. The van der Waals surface area contributed by atoms with Crippen LogP contribution in [0.3, 0.4) is 0 Å². The quantitative estimate of drug-likeness (QED) is 0.645. The van der Waals surface area contributed by atoms with E-state index in [0.29, 0.717) is 10.7 Å². The molecule has 2 N–H and O–H groups in total. The molecule has 0 aromatic rings. The molecule has 0 saturated carbocycles. The molecule has 0 radical (unpaired) electrons. The van der Waals surface area contributed by atoms with E-state index in [1.165, 1.54) is 11.5 Å². The summed E-state index contributed by atoms with van der Waals surface area (Å²) >= 11 is 4.00. The van der Waals surface area contributed by atoms with Gasteiger partial charge in [0.05, 0.1) is 10.7 Å². The maximum atomic E-state index is 3.26. The highest BCUT2D eigenvalue weighted by Gasteiger charge is 2.18. The first-order valence-corrected chi connectivity index (χ1v) is 5.54. The fourth-order valence-corrected chi connectivity index (χ4v) is 3.56. The van der Waals surface area contributed by atoms with Crippen LogP contribution in [-0.2, 0) is 0 Å². The Kier molecular flexibility index (Phi) is 3.91. The summed E-state index contributed by atoms with van der Waals surface area (Å²) in [5.41, 5.74) is 0. The lowest BCUT2D eigenvalue weighted by Crippen LogP contribution is -2.36. The Labute approximate surface area is 70.9 Å². The minimum atomic E-state index is 0.662. The van der Waals surface area contributed by atoms with Gasteiger partial charge in [0.2, 0.25) is 0 Å². The summed E-state index contributed by atoms with van der Waals surface area (Å²) in [6.45, 7) is 0. The van der Waals surface area contributed by atoms with Crippen LogP contribution in [0.4, 0.5) is 0 Å². The van der Waals surface area contributed by atoms with E-state index in [2.05, 4.69) is 10.6 Å². The number of hydrogen-bond donors (Lipinski definition) is 2. The van der Waals surface area contributed by atoms with Crippen molar-refractivity contribution in [2.75, 3.05) is 25.6 Å². The highest BCUT2D eigenvalue weighted by molar-refractivity contribution is 8.07. The molecule has 1 aliphatic rings. The van der Waals surface area contributed by atoms with Crippen LogP contribution < -0.4 is 10.6 Å². The lowest BCUT2D eigenvalue weighted by atomic mass is 10.7. The molecule has 2 nitrogen and oxygen atoms in total. The molecule has 1 aliphatic heterocycles. The summed E-state index contributed by atoms with van der Waals surface area (Å²) in [5.74, 6) is 2.43. The molecule has 1 heterocycles. The topological polar surface area (TPSA) is 24.1 Å². The van der Waals surface area contributed by atoms with Gasteiger partial charge in [0.1, 0.15) is 0 Å². The van der Waals surface area contributed by atoms with Gasteiger partial charge in [-0.1, -0.05) is 0 Å². The fourth-order valence-electron chi connectivity index (χ4n) is 0.837. The molecule has 0 aromatic heterocycles. The third-order valence-corrected chi connectivity index (χ3v) is 4.62. The van der Waals surface area contributed by atoms with E-state index in [-0.39, 0.29) is 0 Å². The van der Waals surface area contributed by atoms with E-state index in [1.54, 1.807) is 0 Å². The zero-order chi connectivity index (χ0) is 7.40. The summed E-state index contributed by atoms with van der Waals surface area (Å²) in [6.07, 6.45) is 0. The molecule has 0 aliphatic carbocycles. The van der Waals surface area contributed by atoms with Crippen molar-refractivity contribution in [3.05, 3.63) is 0 Å². The first kappa shape index (κ1) is 8.71. The van der Waals surface area contributed by atoms with Crippen molar-refractivity contribution in [1.29, 1.82) is 0 Å². The molecule has 1 rings (SSSR count). The van der Waals surface area contributed by atoms with Crippen LogP contribution in [0.5, 0.6) is 0 Å². The summed E-state index contributed by atoms with van der Waals surface area (Å²) in [5, 5.41) is 7.85. The molecular formula is C6H14N2S2. The lowest BCUT2D eigenvalue weighted by Gasteiger charge is -2.26. The zero-order valence-corrected chi connectivity index (χ0v) is 8.02. The molecule has 0 bridgehead atoms. The molecule has 2 unspecified atom stereocenters. The van der Waals surface area contributed by atoms with E-state index in [4.69, 9.17) is 0 Å². The highest BCUT2D eigenvalue weighted by Crippen LogP contribution is 2.26. The van der Waals surface area contributed by atoms with Crippen molar-refractivity contribution in [3.8, 4) is 0 Å². The summed E-state index contributed by atoms with van der Waals surface area (Å²) in [4.78, 5) is 0. The predicted octanol–water partition coefficient (Wildman–Crippen LogP) is 0.557. The zero-order valence-electron chi connectivity index (χ0n) is 6.39. The largest absolute Gasteiger partial charge is 0.308 e. The Morgan fingerprint density at radius 3 is 1.60 bits per heavy atom. The van der Waals surface area contributed by atoms with Crippen LogP contribution in [0.1, 0.15) is 0 Å². The molecule has 0 aromatic carbocycles. The molecule has 4 heteroatoms. The monoisotopic (exact) mass is 178 g/mol. The molecule has 1 saturated heterocycles. The third-order valence-electron chi connectivity index (χ3n) is 1.54. The van der Waals surface area contributed by atoms with Gasteiger partial charge >= 0.3 is 0 Å². The second-order valence-corrected chi connectivity index (χ2v) is 4.69. The molecule has 10 heavy (non-hydrogen) atoms. The Morgan fingerprint density at radius 1 is 1.00 bits per heavy atom. The van der Waals surface area contributed by atoms with Gasteiger partial charge in [0.15, 0.2) is 0 Å². The van der Waals surface area contributed by atoms with Crippen molar-refractivity contribution in [1.82, 2.24) is 10.6 Å². The molecule has 2 atom stereocenters. The van der Waals surface area contributed by atoms with Crippen LogP contribution in [0.25, 0.3) is 0 Å². The van der Waals surface area contributed by atoms with Gasteiger partial charge < -0.3 is 10.6 Å². The molecule has 0 spiro atoms. The molecular weight excluding hydrogens is 164 g/mol. The number of thioether (sulfide) groups is 2. The lowest BCUT2D eigenvalue weighted by molar-refractivity contribution is 0.766. The Morgan fingerprint density at radius 2 is 1.40 bits per heavy atom. The smallest absolute Gasteiger partial charge is 0.0622 e. The van der Waals surface area contributed by atoms with E-state index < -0.39 is 0 Å². The first-order chi connectivity index (χ1) is 4.86. The second-order valence-electron chi connectivity index (χ2n) is 2.22. The van der Waals surface area contributed by atoms with Crippen LogP contribution in [0.2, 0.25) is 0 Å². The number of hydrogen-bond acceptors (Lipinski definition) is 4. The summed E-state index contributed by atoms with van der Waals surface area (Å²) in [6, 6.07) is 0.